The van der Waals surface area contributed by atoms with Crippen LogP contribution >= 0.6 is 0 Å². The first kappa shape index (κ1) is 18.0. The molecule has 25 heavy (non-hydrogen) atoms. The van der Waals surface area contributed by atoms with E-state index in [2.05, 4.69) is 4.98 Å². The van der Waals surface area contributed by atoms with Gasteiger partial charge in [0.25, 0.3) is 0 Å². The topological polar surface area (TPSA) is 84.4 Å². The van der Waals surface area contributed by atoms with Crippen molar-refractivity contribution in [1.29, 1.82) is 0 Å². The van der Waals surface area contributed by atoms with Crippen LogP contribution in [0, 0.1) is 5.82 Å². The smallest absolute Gasteiger partial charge is 0.243 e. The minimum absolute atomic E-state index is 0.0759. The summed E-state index contributed by atoms with van der Waals surface area (Å²) in [6.07, 6.45) is 3.45. The van der Waals surface area contributed by atoms with Gasteiger partial charge < -0.3 is 0 Å². The molecule has 0 aliphatic heterocycles. The molecule has 0 unspecified atom stereocenters. The van der Waals surface area contributed by atoms with Gasteiger partial charge in [0.15, 0.2) is 14.9 Å². The molecule has 1 heterocycles. The van der Waals surface area contributed by atoms with E-state index in [0.717, 1.165) is 18.5 Å². The van der Waals surface area contributed by atoms with Crippen molar-refractivity contribution in [3.8, 4) is 0 Å². The van der Waals surface area contributed by atoms with Crippen LogP contribution in [0.5, 0.6) is 0 Å². The van der Waals surface area contributed by atoms with Gasteiger partial charge in [-0.05, 0) is 31.0 Å². The van der Waals surface area contributed by atoms with Crippen LogP contribution in [0.1, 0.15) is 18.4 Å². The highest BCUT2D eigenvalue weighted by molar-refractivity contribution is 7.90. The van der Waals surface area contributed by atoms with Crippen LogP contribution in [0.2, 0.25) is 0 Å². The fourth-order valence-electron chi connectivity index (χ4n) is 2.44. The van der Waals surface area contributed by atoms with Crippen LogP contribution in [0.3, 0.4) is 0 Å². The van der Waals surface area contributed by atoms with Crippen LogP contribution in [0.15, 0.2) is 52.5 Å². The van der Waals surface area contributed by atoms with Gasteiger partial charge in [0, 0.05) is 30.6 Å². The van der Waals surface area contributed by atoms with E-state index < -0.39 is 25.7 Å². The third kappa shape index (κ3) is 3.88. The lowest BCUT2D eigenvalue weighted by atomic mass is 10.2. The quantitative estimate of drug-likeness (QED) is 0.760. The van der Waals surface area contributed by atoms with E-state index in [9.17, 15) is 21.2 Å². The molecule has 1 aliphatic rings. The maximum Gasteiger partial charge on any atom is 0.245 e. The van der Waals surface area contributed by atoms with E-state index in [-0.39, 0.29) is 22.5 Å². The van der Waals surface area contributed by atoms with Gasteiger partial charge in [-0.3, -0.25) is 0 Å². The number of halogens is 1. The Morgan fingerprint density at radius 1 is 1.12 bits per heavy atom. The summed E-state index contributed by atoms with van der Waals surface area (Å²) in [6, 6.07) is 8.23. The van der Waals surface area contributed by atoms with E-state index in [4.69, 9.17) is 0 Å². The fraction of sp³-hybridized carbons (Fsp3) is 0.312. The Morgan fingerprint density at radius 3 is 2.32 bits per heavy atom. The number of hydrogen-bond acceptors (Lipinski definition) is 5. The third-order valence-electron chi connectivity index (χ3n) is 3.93. The monoisotopic (exact) mass is 384 g/mol. The van der Waals surface area contributed by atoms with Gasteiger partial charge in [0.2, 0.25) is 10.0 Å². The molecule has 0 saturated heterocycles. The molecule has 1 fully saturated rings. The number of hydrogen-bond donors (Lipinski definition) is 0. The number of aromatic nitrogens is 1. The summed E-state index contributed by atoms with van der Waals surface area (Å²) in [5.74, 6) is -0.464. The van der Waals surface area contributed by atoms with Gasteiger partial charge in [-0.2, -0.15) is 4.31 Å². The molecular formula is C16H17FN2O4S2. The molecule has 1 aliphatic carbocycles. The van der Waals surface area contributed by atoms with Crippen LogP contribution in [0.4, 0.5) is 4.39 Å². The van der Waals surface area contributed by atoms with Crippen molar-refractivity contribution in [3.63, 3.8) is 0 Å². The van der Waals surface area contributed by atoms with E-state index in [0.29, 0.717) is 18.4 Å². The van der Waals surface area contributed by atoms with E-state index in [1.165, 1.54) is 16.4 Å². The second-order valence-electron chi connectivity index (χ2n) is 5.98. The van der Waals surface area contributed by atoms with Crippen LogP contribution in [-0.2, 0) is 26.4 Å². The molecule has 1 aromatic heterocycles. The first-order valence-corrected chi connectivity index (χ1v) is 10.9. The third-order valence-corrected chi connectivity index (χ3v) is 6.82. The van der Waals surface area contributed by atoms with Gasteiger partial charge in [-0.25, -0.2) is 26.2 Å². The van der Waals surface area contributed by atoms with Crippen molar-refractivity contribution in [2.75, 3.05) is 6.26 Å². The zero-order chi connectivity index (χ0) is 18.2. The van der Waals surface area contributed by atoms with Crippen LogP contribution in [-0.4, -0.2) is 38.4 Å². The molecule has 134 valence electrons. The number of benzene rings is 1. The molecule has 0 radical (unpaired) electrons. The molecule has 1 saturated carbocycles. The van der Waals surface area contributed by atoms with Gasteiger partial charge in [0.1, 0.15) is 10.7 Å². The molecule has 2 aromatic rings. The van der Waals surface area contributed by atoms with Crippen molar-refractivity contribution in [1.82, 2.24) is 9.29 Å². The highest BCUT2D eigenvalue weighted by Gasteiger charge is 2.38. The molecule has 0 bridgehead atoms. The van der Waals surface area contributed by atoms with E-state index in [1.807, 2.05) is 0 Å². The Balaban J connectivity index is 1.94. The average Bonchev–Trinajstić information content (AvgIpc) is 3.38. The molecule has 3 rings (SSSR count). The number of pyridine rings is 1. The lowest BCUT2D eigenvalue weighted by molar-refractivity contribution is 0.391. The molecule has 6 nitrogen and oxygen atoms in total. The average molecular weight is 384 g/mol. The Hall–Kier alpha value is -1.84. The summed E-state index contributed by atoms with van der Waals surface area (Å²) in [7, 11) is -7.42. The molecule has 1 aromatic carbocycles. The van der Waals surface area contributed by atoms with Gasteiger partial charge in [-0.15, -0.1) is 0 Å². The number of sulfonamides is 1. The second kappa shape index (κ2) is 6.47. The minimum atomic E-state index is -3.91. The Morgan fingerprint density at radius 2 is 1.80 bits per heavy atom. The molecule has 9 heteroatoms. The summed E-state index contributed by atoms with van der Waals surface area (Å²) < 4.78 is 63.9. The zero-order valence-electron chi connectivity index (χ0n) is 13.5. The highest BCUT2D eigenvalue weighted by Crippen LogP contribution is 2.33. The van der Waals surface area contributed by atoms with Crippen molar-refractivity contribution >= 4 is 19.9 Å². The number of rotatable bonds is 6. The lowest BCUT2D eigenvalue weighted by Crippen LogP contribution is -2.33. The lowest BCUT2D eigenvalue weighted by Gasteiger charge is -2.22. The first-order chi connectivity index (χ1) is 11.7. The summed E-state index contributed by atoms with van der Waals surface area (Å²) in [5.41, 5.74) is 0.290. The Kier molecular flexibility index (Phi) is 4.65. The van der Waals surface area contributed by atoms with Crippen molar-refractivity contribution < 1.29 is 21.2 Å². The van der Waals surface area contributed by atoms with Crippen LogP contribution in [0.25, 0.3) is 0 Å². The highest BCUT2D eigenvalue weighted by atomic mass is 32.2. The minimum Gasteiger partial charge on any atom is -0.243 e. The van der Waals surface area contributed by atoms with Crippen molar-refractivity contribution in [2.24, 2.45) is 0 Å². The Labute approximate surface area is 146 Å². The number of nitrogens with zero attached hydrogens (tertiary/aromatic N) is 2. The SMILES string of the molecule is CS(=O)(=O)c1ccc(S(=O)(=O)N(Cc2ccccc2F)C2CC2)cn1. The molecular weight excluding hydrogens is 367 g/mol. The van der Waals surface area contributed by atoms with E-state index in [1.54, 1.807) is 18.2 Å². The fourth-order valence-corrected chi connectivity index (χ4v) is 4.61. The van der Waals surface area contributed by atoms with Crippen LogP contribution < -0.4 is 0 Å². The Bertz CT molecular complexity index is 985. The standard InChI is InChI=1S/C16H17FN2O4S2/c1-24(20,21)16-9-8-14(10-18-16)25(22,23)19(13-6-7-13)11-12-4-2-3-5-15(12)17/h2-5,8-10,13H,6-7,11H2,1H3. The van der Waals surface area contributed by atoms with Gasteiger partial charge in [0.05, 0.1) is 0 Å². The summed E-state index contributed by atoms with van der Waals surface area (Å²) in [5, 5.41) is -0.196. The molecule has 0 amide bonds. The summed E-state index contributed by atoms with van der Waals surface area (Å²) in [6.45, 7) is -0.0759. The second-order valence-corrected chi connectivity index (χ2v) is 9.83. The normalized spacial score (nSPS) is 15.5. The largest absolute Gasteiger partial charge is 0.245 e. The van der Waals surface area contributed by atoms with Crippen molar-refractivity contribution in [2.45, 2.75) is 35.3 Å². The summed E-state index contributed by atoms with van der Waals surface area (Å²) >= 11 is 0. The van der Waals surface area contributed by atoms with Gasteiger partial charge in [-0.1, -0.05) is 18.2 Å². The maximum atomic E-state index is 13.9. The van der Waals surface area contributed by atoms with Crippen molar-refractivity contribution in [3.05, 3.63) is 54.0 Å². The first-order valence-electron chi connectivity index (χ1n) is 7.61. The molecule has 0 spiro atoms. The maximum absolute atomic E-state index is 13.9. The number of sulfone groups is 1. The summed E-state index contributed by atoms with van der Waals surface area (Å²) in [4.78, 5) is 3.63. The predicted octanol–water partition coefficient (Wildman–Crippen LogP) is 1.98. The van der Waals surface area contributed by atoms with Gasteiger partial charge >= 0.3 is 0 Å². The van der Waals surface area contributed by atoms with E-state index >= 15 is 0 Å². The molecule has 0 N–H and O–H groups in total. The zero-order valence-corrected chi connectivity index (χ0v) is 15.1. The molecule has 0 atom stereocenters. The predicted molar refractivity (Wildman–Crippen MR) is 89.5 cm³/mol.